The van der Waals surface area contributed by atoms with Gasteiger partial charge in [0.05, 0.1) is 12.7 Å². The van der Waals surface area contributed by atoms with Gasteiger partial charge in [-0.05, 0) is 29.7 Å². The second-order valence-electron chi connectivity index (χ2n) is 5.14. The third kappa shape index (κ3) is 3.59. The Morgan fingerprint density at radius 1 is 1.10 bits per heavy atom. The molecule has 0 aromatic heterocycles. The van der Waals surface area contributed by atoms with Crippen molar-refractivity contribution in [3.8, 4) is 5.75 Å². The number of nitrogens with two attached hydrogens (primary N) is 1. The maximum atomic E-state index is 6.13. The first-order valence-electron chi connectivity index (χ1n) is 6.95. The van der Waals surface area contributed by atoms with Crippen LogP contribution in [0.5, 0.6) is 5.75 Å². The third-order valence-electron chi connectivity index (χ3n) is 3.48. The van der Waals surface area contributed by atoms with Gasteiger partial charge in [-0.3, -0.25) is 0 Å². The average molecular weight is 269 g/mol. The Labute approximate surface area is 119 Å². The van der Waals surface area contributed by atoms with Crippen LogP contribution in [-0.2, 0) is 11.3 Å². The van der Waals surface area contributed by atoms with Gasteiger partial charge in [0, 0.05) is 6.04 Å². The highest BCUT2D eigenvalue weighted by atomic mass is 16.6. The molecular formula is C17H19NO2. The minimum Gasteiger partial charge on any atom is -0.489 e. The fourth-order valence-corrected chi connectivity index (χ4v) is 2.18. The summed E-state index contributed by atoms with van der Waals surface area (Å²) in [6.45, 7) is 1.44. The molecule has 2 atom stereocenters. The lowest BCUT2D eigenvalue weighted by atomic mass is 10.0. The molecule has 1 heterocycles. The summed E-state index contributed by atoms with van der Waals surface area (Å²) in [5, 5.41) is 0. The standard InChI is InChI=1S/C17H19NO2/c18-17(10-16-12-20-16)14-6-8-15(9-7-14)19-11-13-4-2-1-3-5-13/h1-9,16-17H,10-12,18H2/t16?,17-/m1/s1. The van der Waals surface area contributed by atoms with E-state index in [2.05, 4.69) is 12.1 Å². The van der Waals surface area contributed by atoms with Gasteiger partial charge in [0.25, 0.3) is 0 Å². The Balaban J connectivity index is 1.55. The molecule has 1 unspecified atom stereocenters. The summed E-state index contributed by atoms with van der Waals surface area (Å²) in [6.07, 6.45) is 1.25. The summed E-state index contributed by atoms with van der Waals surface area (Å²) in [5.41, 5.74) is 8.43. The molecule has 0 bridgehead atoms. The summed E-state index contributed by atoms with van der Waals surface area (Å²) in [4.78, 5) is 0. The zero-order chi connectivity index (χ0) is 13.8. The van der Waals surface area contributed by atoms with Crippen molar-refractivity contribution in [2.75, 3.05) is 6.61 Å². The van der Waals surface area contributed by atoms with Crippen molar-refractivity contribution in [3.63, 3.8) is 0 Å². The summed E-state index contributed by atoms with van der Waals surface area (Å²) < 4.78 is 11.0. The van der Waals surface area contributed by atoms with Gasteiger partial charge in [0.2, 0.25) is 0 Å². The van der Waals surface area contributed by atoms with Crippen LogP contribution < -0.4 is 10.5 Å². The van der Waals surface area contributed by atoms with Gasteiger partial charge in [0.1, 0.15) is 12.4 Å². The molecule has 1 saturated heterocycles. The molecule has 2 N–H and O–H groups in total. The third-order valence-corrected chi connectivity index (χ3v) is 3.48. The van der Waals surface area contributed by atoms with Crippen molar-refractivity contribution >= 4 is 0 Å². The first-order valence-corrected chi connectivity index (χ1v) is 6.95. The van der Waals surface area contributed by atoms with E-state index in [-0.39, 0.29) is 6.04 Å². The molecule has 2 aromatic rings. The van der Waals surface area contributed by atoms with Crippen LogP contribution in [-0.4, -0.2) is 12.7 Å². The Hall–Kier alpha value is -1.84. The molecule has 1 aliphatic rings. The normalized spacial score (nSPS) is 18.6. The van der Waals surface area contributed by atoms with Crippen molar-refractivity contribution in [2.45, 2.75) is 25.2 Å². The highest BCUT2D eigenvalue weighted by Gasteiger charge is 2.25. The van der Waals surface area contributed by atoms with E-state index in [1.54, 1.807) is 0 Å². The summed E-state index contributed by atoms with van der Waals surface area (Å²) in [6, 6.07) is 18.2. The molecule has 3 nitrogen and oxygen atoms in total. The molecule has 2 aromatic carbocycles. The van der Waals surface area contributed by atoms with Gasteiger partial charge < -0.3 is 15.2 Å². The van der Waals surface area contributed by atoms with Crippen LogP contribution in [0.3, 0.4) is 0 Å². The minimum atomic E-state index is 0.0469. The van der Waals surface area contributed by atoms with Crippen molar-refractivity contribution in [1.82, 2.24) is 0 Å². The van der Waals surface area contributed by atoms with Crippen LogP contribution >= 0.6 is 0 Å². The SMILES string of the molecule is N[C@H](CC1CO1)c1ccc(OCc2ccccc2)cc1. The van der Waals surface area contributed by atoms with Crippen molar-refractivity contribution in [1.29, 1.82) is 0 Å². The minimum absolute atomic E-state index is 0.0469. The second-order valence-corrected chi connectivity index (χ2v) is 5.14. The van der Waals surface area contributed by atoms with E-state index in [1.807, 2.05) is 42.5 Å². The highest BCUT2D eigenvalue weighted by Crippen LogP contribution is 2.25. The van der Waals surface area contributed by atoms with Crippen LogP contribution in [0.15, 0.2) is 54.6 Å². The van der Waals surface area contributed by atoms with Crippen LogP contribution in [0.25, 0.3) is 0 Å². The molecule has 0 radical (unpaired) electrons. The van der Waals surface area contributed by atoms with Crippen molar-refractivity contribution < 1.29 is 9.47 Å². The topological polar surface area (TPSA) is 47.8 Å². The number of hydrogen-bond donors (Lipinski definition) is 1. The molecule has 20 heavy (non-hydrogen) atoms. The Kier molecular flexibility index (Phi) is 4.00. The maximum Gasteiger partial charge on any atom is 0.119 e. The Morgan fingerprint density at radius 2 is 1.80 bits per heavy atom. The lowest BCUT2D eigenvalue weighted by molar-refractivity contribution is 0.306. The molecule has 1 fully saturated rings. The van der Waals surface area contributed by atoms with E-state index >= 15 is 0 Å². The second kappa shape index (κ2) is 6.07. The molecule has 0 aliphatic carbocycles. The fourth-order valence-electron chi connectivity index (χ4n) is 2.18. The quantitative estimate of drug-likeness (QED) is 0.820. The van der Waals surface area contributed by atoms with E-state index in [0.717, 1.165) is 24.3 Å². The summed E-state index contributed by atoms with van der Waals surface area (Å²) in [7, 11) is 0. The maximum absolute atomic E-state index is 6.13. The van der Waals surface area contributed by atoms with Gasteiger partial charge in [-0.25, -0.2) is 0 Å². The molecule has 3 rings (SSSR count). The lowest BCUT2D eigenvalue weighted by Crippen LogP contribution is -2.12. The van der Waals surface area contributed by atoms with Crippen molar-refractivity contribution in [2.24, 2.45) is 5.73 Å². The van der Waals surface area contributed by atoms with Gasteiger partial charge >= 0.3 is 0 Å². The lowest BCUT2D eigenvalue weighted by Gasteiger charge is -2.12. The van der Waals surface area contributed by atoms with Crippen molar-refractivity contribution in [3.05, 3.63) is 65.7 Å². The monoisotopic (exact) mass is 269 g/mol. The fraction of sp³-hybridized carbons (Fsp3) is 0.294. The average Bonchev–Trinajstić information content (AvgIpc) is 3.31. The first-order chi connectivity index (χ1) is 9.81. The van der Waals surface area contributed by atoms with Gasteiger partial charge in [-0.2, -0.15) is 0 Å². The van der Waals surface area contributed by atoms with Gasteiger partial charge in [-0.15, -0.1) is 0 Å². The Morgan fingerprint density at radius 3 is 2.45 bits per heavy atom. The van der Waals surface area contributed by atoms with E-state index in [9.17, 15) is 0 Å². The van der Waals surface area contributed by atoms with E-state index in [4.69, 9.17) is 15.2 Å². The number of hydrogen-bond acceptors (Lipinski definition) is 3. The van der Waals surface area contributed by atoms with Crippen LogP contribution in [0.2, 0.25) is 0 Å². The largest absolute Gasteiger partial charge is 0.489 e. The zero-order valence-electron chi connectivity index (χ0n) is 11.4. The molecule has 104 valence electrons. The van der Waals surface area contributed by atoms with E-state index < -0.39 is 0 Å². The smallest absolute Gasteiger partial charge is 0.119 e. The predicted molar refractivity (Wildman–Crippen MR) is 78.5 cm³/mol. The number of ether oxygens (including phenoxy) is 2. The number of epoxide rings is 1. The number of rotatable bonds is 6. The predicted octanol–water partition coefficient (Wildman–Crippen LogP) is 3.05. The van der Waals surface area contributed by atoms with Gasteiger partial charge in [0.15, 0.2) is 0 Å². The summed E-state index contributed by atoms with van der Waals surface area (Å²) >= 11 is 0. The highest BCUT2D eigenvalue weighted by molar-refractivity contribution is 5.29. The van der Waals surface area contributed by atoms with E-state index in [1.165, 1.54) is 5.56 Å². The van der Waals surface area contributed by atoms with Crippen LogP contribution in [0, 0.1) is 0 Å². The summed E-state index contributed by atoms with van der Waals surface area (Å²) in [5.74, 6) is 0.868. The molecule has 0 saturated carbocycles. The molecule has 1 aliphatic heterocycles. The Bertz CT molecular complexity index is 535. The molecule has 3 heteroatoms. The number of benzene rings is 2. The molecule has 0 amide bonds. The van der Waals surface area contributed by atoms with Crippen LogP contribution in [0.1, 0.15) is 23.6 Å². The van der Waals surface area contributed by atoms with E-state index in [0.29, 0.717) is 12.7 Å². The first kappa shape index (κ1) is 13.2. The molecular weight excluding hydrogens is 250 g/mol. The molecule has 0 spiro atoms. The van der Waals surface area contributed by atoms with Crippen LogP contribution in [0.4, 0.5) is 0 Å². The van der Waals surface area contributed by atoms with Gasteiger partial charge in [-0.1, -0.05) is 42.5 Å². The zero-order valence-corrected chi connectivity index (χ0v) is 11.4.